The number of halogens is 7. The Labute approximate surface area is 677 Å². The Hall–Kier alpha value is -10.4. The minimum atomic E-state index is -3.71. The van der Waals surface area contributed by atoms with Crippen molar-refractivity contribution in [2.75, 3.05) is 0 Å². The van der Waals surface area contributed by atoms with Crippen LogP contribution >= 0.6 is 80.3 Å². The first-order chi connectivity index (χ1) is 53.0. The molecule has 14 rings (SSSR count). The van der Waals surface area contributed by atoms with Gasteiger partial charge < -0.3 is 0 Å². The van der Waals surface area contributed by atoms with Crippen molar-refractivity contribution in [2.45, 2.75) is 34.3 Å². The fourth-order valence-electron chi connectivity index (χ4n) is 10.7. The summed E-state index contributed by atoms with van der Waals surface area (Å²) in [5.41, 5.74) is 9.86. The van der Waals surface area contributed by atoms with E-state index >= 15 is 0 Å². The summed E-state index contributed by atoms with van der Waals surface area (Å²) >= 11 is 33.5. The lowest BCUT2D eigenvalue weighted by atomic mass is 9.95. The summed E-state index contributed by atoms with van der Waals surface area (Å²) < 4.78 is 98.5. The molecule has 0 radical (unpaired) electrons. The predicted octanol–water partition coefficient (Wildman–Crippen LogP) is 23.4. The second-order valence-electron chi connectivity index (χ2n) is 24.0. The minimum Gasteiger partial charge on any atom is -0.289 e. The van der Waals surface area contributed by atoms with Gasteiger partial charge in [0.25, 0.3) is 19.5 Å². The minimum absolute atomic E-state index is 0.0589. The van der Waals surface area contributed by atoms with Gasteiger partial charge in [-0.3, -0.25) is 19.2 Å². The third kappa shape index (κ3) is 22.4. The second-order valence-corrected chi connectivity index (χ2v) is 34.8. The summed E-state index contributed by atoms with van der Waals surface area (Å²) in [6, 6.07) is 101. The van der Waals surface area contributed by atoms with Gasteiger partial charge in [-0.05, 0) is 213 Å². The summed E-state index contributed by atoms with van der Waals surface area (Å²) in [6.45, 7) is 0. The molecular weight excluding hydrogens is 1630 g/mol. The Morgan fingerprint density at radius 1 is 0.198 bits per heavy atom. The molecule has 14 aromatic carbocycles. The maximum Gasteiger partial charge on any atom is 0.261 e. The van der Waals surface area contributed by atoms with E-state index < -0.39 is 49.0 Å². The monoisotopic (exact) mass is 1680 g/mol. The number of ketones is 2. The zero-order valence-corrected chi connectivity index (χ0v) is 66.3. The number of sulfone groups is 3. The van der Waals surface area contributed by atoms with Gasteiger partial charge in [-0.25, -0.2) is 33.7 Å². The normalized spacial score (nSPS) is 11.1. The molecule has 14 aromatic rings. The zero-order valence-electron chi connectivity index (χ0n) is 57.7. The number of benzene rings is 14. The van der Waals surface area contributed by atoms with Crippen LogP contribution < -0.4 is 0 Å². The van der Waals surface area contributed by atoms with Gasteiger partial charge in [0.1, 0.15) is 0 Å². The van der Waals surface area contributed by atoms with Gasteiger partial charge in [-0.15, -0.1) is 0 Å². The molecular formula is C88H59Cl7O12S4. The fourth-order valence-corrected chi connectivity index (χ4v) is 16.0. The van der Waals surface area contributed by atoms with E-state index in [1.165, 1.54) is 114 Å². The van der Waals surface area contributed by atoms with Crippen LogP contribution in [0.15, 0.2) is 392 Å². The zero-order chi connectivity index (χ0) is 79.5. The number of hydrogen-bond donors (Lipinski definition) is 0. The Morgan fingerprint density at radius 2 is 0.387 bits per heavy atom. The molecule has 0 unspecified atom stereocenters. The predicted molar refractivity (Wildman–Crippen MR) is 443 cm³/mol. The van der Waals surface area contributed by atoms with E-state index in [0.29, 0.717) is 42.3 Å². The number of hydrogen-bond acceptors (Lipinski definition) is 12. The van der Waals surface area contributed by atoms with Crippen LogP contribution in [0.25, 0.3) is 44.5 Å². The molecule has 0 fully saturated rings. The molecule has 0 aliphatic heterocycles. The highest BCUT2D eigenvalue weighted by Crippen LogP contribution is 2.32. The largest absolute Gasteiger partial charge is 0.289 e. The fraction of sp³-hybridized carbons (Fsp3) is 0. The summed E-state index contributed by atoms with van der Waals surface area (Å²) in [6.07, 6.45) is 0. The van der Waals surface area contributed by atoms with E-state index in [2.05, 4.69) is 48.5 Å². The van der Waals surface area contributed by atoms with Crippen molar-refractivity contribution in [3.63, 3.8) is 0 Å². The average molecular weight is 1680 g/mol. The topological polar surface area (TPSA) is 205 Å². The highest BCUT2D eigenvalue weighted by molar-refractivity contribution is 8.13. The number of rotatable bonds is 17. The van der Waals surface area contributed by atoms with Gasteiger partial charge >= 0.3 is 0 Å². The molecule has 0 N–H and O–H groups in total. The molecule has 23 heteroatoms. The van der Waals surface area contributed by atoms with Crippen molar-refractivity contribution in [1.82, 2.24) is 0 Å². The van der Waals surface area contributed by atoms with Gasteiger partial charge in [-0.1, -0.05) is 259 Å². The Bertz CT molecular complexity index is 5820. The van der Waals surface area contributed by atoms with Crippen molar-refractivity contribution in [3.05, 3.63) is 411 Å². The third-order valence-corrected chi connectivity index (χ3v) is 24.8. The molecule has 556 valence electrons. The first-order valence-corrected chi connectivity index (χ1v) is 42.2. The molecule has 0 saturated carbocycles. The number of carbonyl (C=O) groups is 4. The third-order valence-electron chi connectivity index (χ3n) is 16.6. The molecule has 0 aliphatic rings. The SMILES string of the molecule is O=C(Cl)c1cccc(C(=O)Cl)c1.O=C(c1ccc(-c2ccc(S(=O)(=O)c3ccc(Cl)cc3)cc2)cc1)c1cccc(C(=O)c2ccc(-c3ccc(S(=O)(=O)c4ccc(Cl)cc4)cc3)cc2)c1.O=S(=O)(Cl)c1ccc(Cl)cc1.O=S(=O)(c1ccc(Cl)cc1)c1ccc(-c2ccccc2)cc1.c1ccc(-c2ccccc2)cc1. The van der Waals surface area contributed by atoms with Gasteiger partial charge in [0.05, 0.1) is 34.3 Å². The molecule has 12 nitrogen and oxygen atoms in total. The van der Waals surface area contributed by atoms with Crippen LogP contribution in [0.3, 0.4) is 0 Å². The standard InChI is InChI=1S/C44H28Cl2O6S2.C18H13ClO2S.C12H10.C8H4Cl2O2.C6H4Cl2O2S/c45-37-16-24-41(25-17-37)53(49,50)39-20-12-31(13-21-39)29-4-8-33(9-5-29)43(47)35-2-1-3-36(28-35)44(48)34-10-6-30(7-11-34)32-14-22-40(23-15-32)54(51,52)42-26-18-38(46)19-27-42;19-16-8-12-18(13-9-16)22(20,21)17-10-6-15(7-11-17)14-4-2-1-3-5-14;1-3-7-11(8-4-1)12-9-5-2-6-10-12;9-7(11)5-2-1-3-6(4-5)8(10)12;7-5-1-3-6(4-2-5)11(8,9)10/h1-28H;1-13H;1-10H;1-4H;1-4H. The summed E-state index contributed by atoms with van der Waals surface area (Å²) in [7, 11) is -9.49. The second kappa shape index (κ2) is 38.0. The average Bonchev–Trinajstić information content (AvgIpc) is 0.737. The summed E-state index contributed by atoms with van der Waals surface area (Å²) in [4.78, 5) is 49.4. The first-order valence-electron chi connectivity index (χ1n) is 33.1. The smallest absolute Gasteiger partial charge is 0.261 e. The van der Waals surface area contributed by atoms with Gasteiger partial charge in [0.15, 0.2) is 11.6 Å². The molecule has 111 heavy (non-hydrogen) atoms. The first kappa shape index (κ1) is 83.1. The molecule has 0 atom stereocenters. The molecule has 0 spiro atoms. The summed E-state index contributed by atoms with van der Waals surface area (Å²) in [5, 5.41) is 0.687. The molecule has 0 aromatic heterocycles. The van der Waals surface area contributed by atoms with E-state index in [-0.39, 0.29) is 57.0 Å². The van der Waals surface area contributed by atoms with Crippen LogP contribution in [0.1, 0.15) is 52.6 Å². The van der Waals surface area contributed by atoms with Crippen molar-refractivity contribution in [1.29, 1.82) is 0 Å². The van der Waals surface area contributed by atoms with E-state index in [0.717, 1.165) is 33.4 Å². The van der Waals surface area contributed by atoms with Gasteiger partial charge in [0.2, 0.25) is 29.5 Å². The lowest BCUT2D eigenvalue weighted by molar-refractivity contribution is 0.103. The van der Waals surface area contributed by atoms with Crippen LogP contribution in [-0.4, -0.2) is 55.7 Å². The van der Waals surface area contributed by atoms with Crippen molar-refractivity contribution >= 4 is 141 Å². The number of carbonyl (C=O) groups excluding carboxylic acids is 4. The van der Waals surface area contributed by atoms with Crippen LogP contribution in [0.5, 0.6) is 0 Å². The Kier molecular flexibility index (Phi) is 28.4. The van der Waals surface area contributed by atoms with Crippen molar-refractivity contribution in [3.8, 4) is 44.5 Å². The highest BCUT2D eigenvalue weighted by atomic mass is 35.7. The quantitative estimate of drug-likeness (QED) is 0.0617. The van der Waals surface area contributed by atoms with E-state index in [1.54, 1.807) is 152 Å². The summed E-state index contributed by atoms with van der Waals surface area (Å²) in [5.74, 6) is -0.505. The molecule has 0 heterocycles. The molecule has 0 amide bonds. The van der Waals surface area contributed by atoms with E-state index in [1.807, 2.05) is 54.6 Å². The van der Waals surface area contributed by atoms with Crippen LogP contribution in [-0.2, 0) is 38.6 Å². The van der Waals surface area contributed by atoms with Crippen LogP contribution in [0.4, 0.5) is 0 Å². The Balaban J connectivity index is 0.000000184. The lowest BCUT2D eigenvalue weighted by Gasteiger charge is -2.09. The molecule has 0 aliphatic carbocycles. The van der Waals surface area contributed by atoms with Crippen molar-refractivity contribution in [2.24, 2.45) is 0 Å². The lowest BCUT2D eigenvalue weighted by Crippen LogP contribution is -2.06. The van der Waals surface area contributed by atoms with Crippen LogP contribution in [0.2, 0.25) is 20.1 Å². The van der Waals surface area contributed by atoms with Crippen LogP contribution in [0, 0.1) is 0 Å². The Morgan fingerprint density at radius 3 is 0.613 bits per heavy atom. The maximum atomic E-state index is 13.5. The van der Waals surface area contributed by atoms with E-state index in [9.17, 15) is 52.8 Å². The van der Waals surface area contributed by atoms with E-state index in [4.69, 9.17) is 80.3 Å². The van der Waals surface area contributed by atoms with Gasteiger partial charge in [-0.2, -0.15) is 0 Å². The van der Waals surface area contributed by atoms with Gasteiger partial charge in [0, 0.05) is 64.2 Å². The molecule has 0 saturated heterocycles. The molecule has 0 bridgehead atoms. The highest BCUT2D eigenvalue weighted by Gasteiger charge is 2.22. The van der Waals surface area contributed by atoms with Crippen molar-refractivity contribution < 1.29 is 52.8 Å². The maximum absolute atomic E-state index is 13.5.